The molecule has 0 aromatic carbocycles. The Morgan fingerprint density at radius 1 is 1.28 bits per heavy atom. The fraction of sp³-hybridized carbons (Fsp3) is 0.692. The van der Waals surface area contributed by atoms with Gasteiger partial charge in [-0.2, -0.15) is 0 Å². The van der Waals surface area contributed by atoms with Crippen LogP contribution in [-0.4, -0.2) is 37.4 Å². The second kappa shape index (κ2) is 4.72. The summed E-state index contributed by atoms with van der Waals surface area (Å²) in [5.74, 6) is -1.11. The van der Waals surface area contributed by atoms with Crippen molar-refractivity contribution in [2.75, 3.05) is 14.2 Å². The second-order valence-electron chi connectivity index (χ2n) is 5.12. The van der Waals surface area contributed by atoms with Gasteiger partial charge in [0.25, 0.3) is 0 Å². The average Bonchev–Trinajstić information content (AvgIpc) is 2.41. The van der Waals surface area contributed by atoms with Gasteiger partial charge in [0, 0.05) is 0 Å². The first-order valence-corrected chi connectivity index (χ1v) is 6.06. The van der Waals surface area contributed by atoms with Crippen molar-refractivity contribution in [1.29, 1.82) is 0 Å². The molecule has 100 valence electrons. The van der Waals surface area contributed by atoms with E-state index in [4.69, 9.17) is 9.47 Å². The van der Waals surface area contributed by atoms with Crippen molar-refractivity contribution in [3.8, 4) is 0 Å². The van der Waals surface area contributed by atoms with Crippen LogP contribution in [0.2, 0.25) is 0 Å². The van der Waals surface area contributed by atoms with E-state index in [0.717, 1.165) is 0 Å². The first-order valence-electron chi connectivity index (χ1n) is 6.06. The van der Waals surface area contributed by atoms with Gasteiger partial charge in [-0.1, -0.05) is 12.2 Å². The maximum Gasteiger partial charge on any atom is 0.315 e. The van der Waals surface area contributed by atoms with Crippen LogP contribution in [0.3, 0.4) is 0 Å². The topological polar surface area (TPSA) is 72.8 Å². The van der Waals surface area contributed by atoms with Crippen molar-refractivity contribution in [3.05, 3.63) is 12.2 Å². The van der Waals surface area contributed by atoms with Crippen molar-refractivity contribution in [2.24, 2.45) is 17.3 Å². The summed E-state index contributed by atoms with van der Waals surface area (Å²) in [5, 5.41) is 9.87. The van der Waals surface area contributed by atoms with Gasteiger partial charge in [0.2, 0.25) is 0 Å². The summed E-state index contributed by atoms with van der Waals surface area (Å²) in [4.78, 5) is 23.6. The minimum absolute atomic E-state index is 0.0908. The Labute approximate surface area is 106 Å². The number of carbonyl (C=O) groups is 2. The number of hydrogen-bond acceptors (Lipinski definition) is 5. The van der Waals surface area contributed by atoms with Gasteiger partial charge in [-0.25, -0.2) is 0 Å². The first kappa shape index (κ1) is 13.1. The van der Waals surface area contributed by atoms with Gasteiger partial charge in [-0.05, 0) is 25.2 Å². The van der Waals surface area contributed by atoms with Crippen molar-refractivity contribution in [1.82, 2.24) is 0 Å². The normalized spacial score (nSPS) is 38.1. The highest BCUT2D eigenvalue weighted by molar-refractivity contribution is 5.82. The van der Waals surface area contributed by atoms with E-state index in [1.54, 1.807) is 12.2 Å². The molecular weight excluding hydrogens is 236 g/mol. The minimum atomic E-state index is -0.782. The molecule has 2 rings (SSSR count). The number of carbonyl (C=O) groups excluding carboxylic acids is 2. The van der Waals surface area contributed by atoms with Crippen LogP contribution in [0.5, 0.6) is 0 Å². The highest BCUT2D eigenvalue weighted by atomic mass is 16.5. The summed E-state index contributed by atoms with van der Waals surface area (Å²) < 4.78 is 9.59. The van der Waals surface area contributed by atoms with Crippen LogP contribution < -0.4 is 0 Å². The Morgan fingerprint density at radius 2 is 2.00 bits per heavy atom. The third-order valence-corrected chi connectivity index (χ3v) is 4.05. The van der Waals surface area contributed by atoms with Crippen molar-refractivity contribution in [3.63, 3.8) is 0 Å². The summed E-state index contributed by atoms with van der Waals surface area (Å²) in [5.41, 5.74) is -0.782. The SMILES string of the molecule is COC(=O)[C@@H]1C[C@@H]2C[C@@](C(=O)OC)(C=C[C@H]2O)C1. The van der Waals surface area contributed by atoms with E-state index >= 15 is 0 Å². The number of hydrogen-bond donors (Lipinski definition) is 1. The van der Waals surface area contributed by atoms with Crippen LogP contribution in [-0.2, 0) is 19.1 Å². The molecule has 18 heavy (non-hydrogen) atoms. The molecule has 0 radical (unpaired) electrons. The number of esters is 2. The van der Waals surface area contributed by atoms with Gasteiger partial charge in [0.1, 0.15) is 0 Å². The van der Waals surface area contributed by atoms with E-state index in [-0.39, 0.29) is 23.8 Å². The molecule has 0 aromatic rings. The van der Waals surface area contributed by atoms with Crippen molar-refractivity contribution < 1.29 is 24.2 Å². The van der Waals surface area contributed by atoms with E-state index in [0.29, 0.717) is 19.3 Å². The summed E-state index contributed by atoms with van der Waals surface area (Å²) in [6.07, 6.45) is 4.21. The van der Waals surface area contributed by atoms with E-state index in [2.05, 4.69) is 0 Å². The number of fused-ring (bicyclic) bond motifs is 2. The molecule has 1 fully saturated rings. The Balaban J connectivity index is 2.30. The van der Waals surface area contributed by atoms with Crippen LogP contribution in [0, 0.1) is 17.3 Å². The molecule has 0 heterocycles. The number of methoxy groups -OCH3 is 2. The van der Waals surface area contributed by atoms with Gasteiger partial charge < -0.3 is 14.6 Å². The maximum atomic E-state index is 12.0. The average molecular weight is 254 g/mol. The van der Waals surface area contributed by atoms with Crippen LogP contribution in [0.4, 0.5) is 0 Å². The van der Waals surface area contributed by atoms with Gasteiger partial charge in [0.15, 0.2) is 0 Å². The van der Waals surface area contributed by atoms with E-state index in [9.17, 15) is 14.7 Å². The summed E-state index contributed by atoms with van der Waals surface area (Å²) in [6, 6.07) is 0. The third kappa shape index (κ3) is 2.03. The highest BCUT2D eigenvalue weighted by Crippen LogP contribution is 2.48. The van der Waals surface area contributed by atoms with Gasteiger partial charge in [-0.15, -0.1) is 0 Å². The molecule has 0 unspecified atom stereocenters. The lowest BCUT2D eigenvalue weighted by Gasteiger charge is -2.43. The Hall–Kier alpha value is -1.36. The van der Waals surface area contributed by atoms with Gasteiger partial charge in [-0.3, -0.25) is 9.59 Å². The van der Waals surface area contributed by atoms with Crippen molar-refractivity contribution >= 4 is 11.9 Å². The van der Waals surface area contributed by atoms with Gasteiger partial charge >= 0.3 is 11.9 Å². The fourth-order valence-electron chi connectivity index (χ4n) is 3.14. The molecule has 5 heteroatoms. The molecule has 0 spiro atoms. The Morgan fingerprint density at radius 3 is 2.61 bits per heavy atom. The van der Waals surface area contributed by atoms with E-state index in [1.807, 2.05) is 0 Å². The van der Waals surface area contributed by atoms with Crippen LogP contribution >= 0.6 is 0 Å². The summed E-state index contributed by atoms with van der Waals surface area (Å²) >= 11 is 0. The fourth-order valence-corrected chi connectivity index (χ4v) is 3.14. The molecule has 2 aliphatic carbocycles. The first-order chi connectivity index (χ1) is 8.52. The molecule has 0 aliphatic heterocycles. The number of ether oxygens (including phenoxy) is 2. The number of aliphatic hydroxyl groups is 1. The molecule has 5 nitrogen and oxygen atoms in total. The van der Waals surface area contributed by atoms with E-state index in [1.165, 1.54) is 14.2 Å². The van der Waals surface area contributed by atoms with Gasteiger partial charge in [0.05, 0.1) is 31.7 Å². The monoisotopic (exact) mass is 254 g/mol. The molecule has 0 saturated heterocycles. The lowest BCUT2D eigenvalue weighted by Crippen LogP contribution is -2.46. The zero-order chi connectivity index (χ0) is 13.3. The van der Waals surface area contributed by atoms with Crippen LogP contribution in [0.1, 0.15) is 19.3 Å². The van der Waals surface area contributed by atoms with Crippen LogP contribution in [0.25, 0.3) is 0 Å². The summed E-state index contributed by atoms with van der Waals surface area (Å²) in [7, 11) is 2.68. The van der Waals surface area contributed by atoms with Crippen LogP contribution in [0.15, 0.2) is 12.2 Å². The number of rotatable bonds is 2. The summed E-state index contributed by atoms with van der Waals surface area (Å²) in [6.45, 7) is 0. The highest BCUT2D eigenvalue weighted by Gasteiger charge is 2.50. The zero-order valence-electron chi connectivity index (χ0n) is 10.6. The molecule has 2 aliphatic rings. The standard InChI is InChI=1S/C13H18O5/c1-17-11(15)9-5-8-6-13(7-9,12(16)18-2)4-3-10(8)14/h3-4,8-10,14H,5-7H2,1-2H3/t8-,9-,10-,13+/m1/s1. The molecule has 0 aromatic heterocycles. The lowest BCUT2D eigenvalue weighted by atomic mass is 9.61. The zero-order valence-corrected chi connectivity index (χ0v) is 10.6. The molecular formula is C13H18O5. The Kier molecular flexibility index (Phi) is 3.43. The Bertz CT molecular complexity index is 389. The molecule has 4 atom stereocenters. The lowest BCUT2D eigenvalue weighted by molar-refractivity contribution is -0.160. The molecule has 2 bridgehead atoms. The molecule has 1 N–H and O–H groups in total. The largest absolute Gasteiger partial charge is 0.469 e. The predicted molar refractivity (Wildman–Crippen MR) is 62.4 cm³/mol. The number of aliphatic hydroxyl groups excluding tert-OH is 1. The maximum absolute atomic E-state index is 12.0. The second-order valence-corrected chi connectivity index (χ2v) is 5.12. The molecule has 0 amide bonds. The smallest absolute Gasteiger partial charge is 0.315 e. The predicted octanol–water partition coefficient (Wildman–Crippen LogP) is 0.666. The quantitative estimate of drug-likeness (QED) is 0.579. The molecule has 1 saturated carbocycles. The third-order valence-electron chi connectivity index (χ3n) is 4.05. The minimum Gasteiger partial charge on any atom is -0.469 e. The van der Waals surface area contributed by atoms with Crippen molar-refractivity contribution in [2.45, 2.75) is 25.4 Å². The van der Waals surface area contributed by atoms with E-state index < -0.39 is 11.5 Å².